The summed E-state index contributed by atoms with van der Waals surface area (Å²) in [5.41, 5.74) is 4.62. The average molecular weight is 246 g/mol. The number of carbonyl (C=O) groups excluding carboxylic acids is 1. The normalized spacial score (nSPS) is 13.2. The van der Waals surface area contributed by atoms with Crippen molar-refractivity contribution >= 4 is 11.9 Å². The third kappa shape index (κ3) is 4.32. The van der Waals surface area contributed by atoms with Crippen LogP contribution >= 0.6 is 0 Å². The largest absolute Gasteiger partial charge is 0.481 e. The van der Waals surface area contributed by atoms with Crippen LogP contribution in [0.4, 0.5) is 0 Å². The summed E-state index contributed by atoms with van der Waals surface area (Å²) in [6, 6.07) is -0.764. The lowest BCUT2D eigenvalue weighted by Gasteiger charge is -2.27. The quantitative estimate of drug-likeness (QED) is 0.558. The molecule has 0 aromatic carbocycles. The van der Waals surface area contributed by atoms with Gasteiger partial charge in [-0.1, -0.05) is 13.8 Å². The highest BCUT2D eigenvalue weighted by molar-refractivity contribution is 5.83. The molecule has 0 bridgehead atoms. The van der Waals surface area contributed by atoms with Crippen LogP contribution in [0, 0.1) is 5.41 Å². The minimum atomic E-state index is -0.914. The molecule has 1 unspecified atom stereocenters. The minimum Gasteiger partial charge on any atom is -0.481 e. The highest BCUT2D eigenvalue weighted by Crippen LogP contribution is 2.25. The van der Waals surface area contributed by atoms with Crippen LogP contribution in [0.2, 0.25) is 0 Å². The van der Waals surface area contributed by atoms with Crippen molar-refractivity contribution in [3.63, 3.8) is 0 Å². The Labute approximate surface area is 102 Å². The van der Waals surface area contributed by atoms with Crippen molar-refractivity contribution < 1.29 is 19.4 Å². The Morgan fingerprint density at radius 3 is 2.29 bits per heavy atom. The molecule has 0 spiro atoms. The third-order valence-corrected chi connectivity index (χ3v) is 3.09. The van der Waals surface area contributed by atoms with E-state index in [1.54, 1.807) is 13.8 Å². The van der Waals surface area contributed by atoms with Gasteiger partial charge in [-0.3, -0.25) is 9.59 Å². The Kier molecular flexibility index (Phi) is 6.75. The summed E-state index contributed by atoms with van der Waals surface area (Å²) in [6.07, 6.45) is 0.914. The number of ether oxygens (including phenoxy) is 1. The summed E-state index contributed by atoms with van der Waals surface area (Å²) in [5.74, 6) is -1.29. The second-order valence-electron chi connectivity index (χ2n) is 4.07. The highest BCUT2D eigenvalue weighted by atomic mass is 16.5. The Morgan fingerprint density at radius 2 is 1.94 bits per heavy atom. The number of rotatable bonds is 8. The van der Waals surface area contributed by atoms with Crippen molar-refractivity contribution in [3.05, 3.63) is 0 Å². The van der Waals surface area contributed by atoms with Crippen LogP contribution in [0.15, 0.2) is 0 Å². The van der Waals surface area contributed by atoms with Crippen LogP contribution in [0.5, 0.6) is 0 Å². The molecule has 6 nitrogen and oxygen atoms in total. The lowest BCUT2D eigenvalue weighted by atomic mass is 9.82. The van der Waals surface area contributed by atoms with Crippen molar-refractivity contribution in [1.82, 2.24) is 5.32 Å². The third-order valence-electron chi connectivity index (χ3n) is 3.09. The number of carboxylic acid groups (broad SMARTS) is 1. The van der Waals surface area contributed by atoms with Gasteiger partial charge >= 0.3 is 5.97 Å². The van der Waals surface area contributed by atoms with Gasteiger partial charge in [0.2, 0.25) is 5.91 Å². The van der Waals surface area contributed by atoms with Gasteiger partial charge in [0.15, 0.2) is 0 Å². The zero-order valence-corrected chi connectivity index (χ0v) is 10.7. The summed E-state index contributed by atoms with van der Waals surface area (Å²) in [6.45, 7) is 3.79. The fourth-order valence-electron chi connectivity index (χ4n) is 1.52. The van der Waals surface area contributed by atoms with Gasteiger partial charge in [0.25, 0.3) is 0 Å². The predicted octanol–water partition coefficient (Wildman–Crippen LogP) is -0.0327. The number of hydrogen-bond donors (Lipinski definition) is 3. The van der Waals surface area contributed by atoms with Crippen LogP contribution in [0.25, 0.3) is 0 Å². The molecule has 1 amide bonds. The van der Waals surface area contributed by atoms with Crippen LogP contribution in [-0.2, 0) is 14.3 Å². The molecule has 100 valence electrons. The molecule has 0 saturated carbocycles. The number of carbonyl (C=O) groups is 2. The van der Waals surface area contributed by atoms with Crippen molar-refractivity contribution in [1.29, 1.82) is 0 Å². The first-order chi connectivity index (χ1) is 7.93. The molecule has 0 rings (SSSR count). The number of methoxy groups -OCH3 is 1. The zero-order chi connectivity index (χ0) is 13.5. The van der Waals surface area contributed by atoms with Gasteiger partial charge < -0.3 is 20.9 Å². The minimum absolute atomic E-state index is 0.0889. The van der Waals surface area contributed by atoms with Gasteiger partial charge in [0, 0.05) is 13.7 Å². The number of nitrogens with two attached hydrogens (primary N) is 1. The SMILES string of the molecule is CCC(CC)(CNC(=O)C(N)COC)C(=O)O. The topological polar surface area (TPSA) is 102 Å². The Bertz CT molecular complexity index is 264. The van der Waals surface area contributed by atoms with Crippen molar-refractivity contribution in [2.45, 2.75) is 32.7 Å². The van der Waals surface area contributed by atoms with Crippen LogP contribution in [0.3, 0.4) is 0 Å². The van der Waals surface area contributed by atoms with Crippen molar-refractivity contribution in [3.8, 4) is 0 Å². The summed E-state index contributed by atoms with van der Waals surface area (Å²) in [7, 11) is 1.45. The molecular formula is C11H22N2O4. The Balaban J connectivity index is 4.41. The first kappa shape index (κ1) is 15.9. The summed E-state index contributed by atoms with van der Waals surface area (Å²) in [5, 5.41) is 11.7. The molecule has 0 aliphatic heterocycles. The molecule has 1 atom stereocenters. The van der Waals surface area contributed by atoms with Crippen LogP contribution in [0.1, 0.15) is 26.7 Å². The summed E-state index contributed by atoms with van der Waals surface area (Å²) >= 11 is 0. The molecule has 6 heteroatoms. The van der Waals surface area contributed by atoms with Gasteiger partial charge in [0.05, 0.1) is 12.0 Å². The number of carboxylic acids is 1. The van der Waals surface area contributed by atoms with Gasteiger partial charge in [-0.05, 0) is 12.8 Å². The summed E-state index contributed by atoms with van der Waals surface area (Å²) < 4.78 is 4.75. The van der Waals surface area contributed by atoms with E-state index in [4.69, 9.17) is 10.5 Å². The number of hydrogen-bond acceptors (Lipinski definition) is 4. The van der Waals surface area contributed by atoms with Gasteiger partial charge in [-0.2, -0.15) is 0 Å². The number of nitrogens with one attached hydrogen (secondary N) is 1. The fourth-order valence-corrected chi connectivity index (χ4v) is 1.52. The first-order valence-electron chi connectivity index (χ1n) is 5.69. The zero-order valence-electron chi connectivity index (χ0n) is 10.7. The van der Waals surface area contributed by atoms with Crippen molar-refractivity contribution in [2.24, 2.45) is 11.1 Å². The van der Waals surface area contributed by atoms with Crippen LogP contribution in [-0.4, -0.2) is 43.3 Å². The van der Waals surface area contributed by atoms with Crippen molar-refractivity contribution in [2.75, 3.05) is 20.3 Å². The standard InChI is InChI=1S/C11H22N2O4/c1-4-11(5-2,10(15)16)7-13-9(14)8(12)6-17-3/h8H,4-7,12H2,1-3H3,(H,13,14)(H,15,16). The fraction of sp³-hybridized carbons (Fsp3) is 0.818. The van der Waals surface area contributed by atoms with E-state index in [0.717, 1.165) is 0 Å². The monoisotopic (exact) mass is 246 g/mol. The molecule has 0 saturated heterocycles. The second-order valence-corrected chi connectivity index (χ2v) is 4.07. The van der Waals surface area contributed by atoms with Gasteiger partial charge in [-0.25, -0.2) is 0 Å². The first-order valence-corrected chi connectivity index (χ1v) is 5.69. The molecule has 0 aromatic rings. The second kappa shape index (κ2) is 7.24. The van der Waals surface area contributed by atoms with E-state index in [0.29, 0.717) is 12.8 Å². The molecular weight excluding hydrogens is 224 g/mol. The maximum Gasteiger partial charge on any atom is 0.311 e. The molecule has 0 heterocycles. The predicted molar refractivity (Wildman–Crippen MR) is 63.5 cm³/mol. The molecule has 17 heavy (non-hydrogen) atoms. The Morgan fingerprint density at radius 1 is 1.41 bits per heavy atom. The van der Waals surface area contributed by atoms with Gasteiger partial charge in [-0.15, -0.1) is 0 Å². The Hall–Kier alpha value is -1.14. The molecule has 0 radical (unpaired) electrons. The lowest BCUT2D eigenvalue weighted by molar-refractivity contribution is -0.149. The average Bonchev–Trinajstić information content (AvgIpc) is 2.30. The van der Waals surface area contributed by atoms with E-state index in [1.165, 1.54) is 7.11 Å². The van der Waals surface area contributed by atoms with E-state index >= 15 is 0 Å². The molecule has 0 aliphatic rings. The summed E-state index contributed by atoms with van der Waals surface area (Å²) in [4.78, 5) is 22.7. The lowest BCUT2D eigenvalue weighted by Crippen LogP contribution is -2.49. The number of aliphatic carboxylic acids is 1. The van der Waals surface area contributed by atoms with Gasteiger partial charge in [0.1, 0.15) is 6.04 Å². The van der Waals surface area contributed by atoms with E-state index in [1.807, 2.05) is 0 Å². The van der Waals surface area contributed by atoms with E-state index in [-0.39, 0.29) is 19.1 Å². The molecule has 0 aromatic heterocycles. The maximum absolute atomic E-state index is 11.5. The van der Waals surface area contributed by atoms with Crippen LogP contribution < -0.4 is 11.1 Å². The van der Waals surface area contributed by atoms with E-state index in [2.05, 4.69) is 5.32 Å². The molecule has 0 fully saturated rings. The molecule has 4 N–H and O–H groups in total. The molecule has 0 aliphatic carbocycles. The maximum atomic E-state index is 11.5. The van der Waals surface area contributed by atoms with E-state index in [9.17, 15) is 14.7 Å². The highest BCUT2D eigenvalue weighted by Gasteiger charge is 2.35. The smallest absolute Gasteiger partial charge is 0.311 e. The number of amides is 1. The van der Waals surface area contributed by atoms with E-state index < -0.39 is 17.4 Å².